The van der Waals surface area contributed by atoms with Gasteiger partial charge >= 0.3 is 0 Å². The second-order valence-electron chi connectivity index (χ2n) is 4.76. The third kappa shape index (κ3) is 3.86. The first-order valence-corrected chi connectivity index (χ1v) is 6.83. The Bertz CT molecular complexity index is 329. The average Bonchev–Trinajstić information content (AvgIpc) is 2.38. The van der Waals surface area contributed by atoms with Crippen LogP contribution >= 0.6 is 0 Å². The zero-order chi connectivity index (χ0) is 13.5. The van der Waals surface area contributed by atoms with Crippen LogP contribution in [0, 0.1) is 5.92 Å². The zero-order valence-corrected chi connectivity index (χ0v) is 11.7. The number of hydrogen-bond acceptors (Lipinski definition) is 2. The lowest BCUT2D eigenvalue weighted by molar-refractivity contribution is -0.132. The lowest BCUT2D eigenvalue weighted by Gasteiger charge is -2.31. The first kappa shape index (κ1) is 14.7. The van der Waals surface area contributed by atoms with Gasteiger partial charge in [-0.2, -0.15) is 0 Å². The lowest BCUT2D eigenvalue weighted by Crippen LogP contribution is -2.43. The molecule has 0 aromatic heterocycles. The van der Waals surface area contributed by atoms with Gasteiger partial charge in [0.05, 0.1) is 0 Å². The summed E-state index contributed by atoms with van der Waals surface area (Å²) in [4.78, 5) is 25.6. The third-order valence-corrected chi connectivity index (χ3v) is 3.35. The summed E-state index contributed by atoms with van der Waals surface area (Å²) in [6.45, 7) is 7.87. The number of likely N-dealkylation sites (tertiary alicyclic amines) is 1. The van der Waals surface area contributed by atoms with Crippen LogP contribution < -0.4 is 5.32 Å². The number of amides is 2. The van der Waals surface area contributed by atoms with Gasteiger partial charge in [0.25, 0.3) is 0 Å². The molecule has 1 saturated heterocycles. The van der Waals surface area contributed by atoms with Gasteiger partial charge in [0.1, 0.15) is 0 Å². The average molecular weight is 252 g/mol. The number of rotatable bonds is 4. The predicted molar refractivity (Wildman–Crippen MR) is 72.0 cm³/mol. The normalized spacial score (nSPS) is 17.7. The molecule has 0 aromatic rings. The Hall–Kier alpha value is -1.32. The molecule has 0 aromatic carbocycles. The van der Waals surface area contributed by atoms with Crippen LogP contribution in [0.1, 0.15) is 40.0 Å². The predicted octanol–water partition coefficient (Wildman–Crippen LogP) is 1.72. The molecule has 1 heterocycles. The van der Waals surface area contributed by atoms with Crippen molar-refractivity contribution in [2.75, 3.05) is 19.6 Å². The molecule has 2 amide bonds. The van der Waals surface area contributed by atoms with Crippen molar-refractivity contribution in [2.24, 2.45) is 5.92 Å². The fourth-order valence-electron chi connectivity index (χ4n) is 2.31. The van der Waals surface area contributed by atoms with Crippen LogP contribution in [0.3, 0.4) is 0 Å². The van der Waals surface area contributed by atoms with Crippen molar-refractivity contribution < 1.29 is 9.59 Å². The molecule has 0 spiro atoms. The van der Waals surface area contributed by atoms with E-state index in [4.69, 9.17) is 0 Å². The molecule has 1 aliphatic rings. The van der Waals surface area contributed by atoms with Crippen LogP contribution in [-0.2, 0) is 9.59 Å². The maximum absolute atomic E-state index is 12.0. The Morgan fingerprint density at radius 3 is 2.39 bits per heavy atom. The minimum absolute atomic E-state index is 0.0736. The van der Waals surface area contributed by atoms with Gasteiger partial charge in [-0.05, 0) is 33.1 Å². The van der Waals surface area contributed by atoms with Gasteiger partial charge in [-0.3, -0.25) is 9.59 Å². The van der Waals surface area contributed by atoms with Crippen molar-refractivity contribution in [3.05, 3.63) is 11.6 Å². The summed E-state index contributed by atoms with van der Waals surface area (Å²) in [6, 6.07) is 0. The quantitative estimate of drug-likeness (QED) is 0.774. The van der Waals surface area contributed by atoms with E-state index >= 15 is 0 Å². The smallest absolute Gasteiger partial charge is 0.249 e. The second kappa shape index (κ2) is 7.19. The van der Waals surface area contributed by atoms with E-state index < -0.39 is 0 Å². The summed E-state index contributed by atoms with van der Waals surface area (Å²) in [6.07, 6.45) is 4.39. The Morgan fingerprint density at radius 2 is 1.89 bits per heavy atom. The topological polar surface area (TPSA) is 49.4 Å². The monoisotopic (exact) mass is 252 g/mol. The number of carbonyl (C=O) groups is 2. The summed E-state index contributed by atoms with van der Waals surface area (Å²) in [5.41, 5.74) is 0.814. The number of allylic oxidation sites excluding steroid dienone is 1. The van der Waals surface area contributed by atoms with Gasteiger partial charge < -0.3 is 10.2 Å². The molecule has 0 unspecified atom stereocenters. The van der Waals surface area contributed by atoms with Crippen LogP contribution in [0.4, 0.5) is 0 Å². The van der Waals surface area contributed by atoms with Gasteiger partial charge in [0.2, 0.25) is 11.8 Å². The minimum atomic E-state index is 0.0736. The van der Waals surface area contributed by atoms with Gasteiger partial charge in [0, 0.05) is 31.1 Å². The number of carbonyl (C=O) groups excluding carboxylic acids is 2. The molecular weight excluding hydrogens is 228 g/mol. The zero-order valence-electron chi connectivity index (χ0n) is 11.7. The molecule has 1 aliphatic heterocycles. The largest absolute Gasteiger partial charge is 0.356 e. The van der Waals surface area contributed by atoms with Crippen LogP contribution in [-0.4, -0.2) is 36.3 Å². The summed E-state index contributed by atoms with van der Waals surface area (Å²) >= 11 is 0. The molecule has 0 radical (unpaired) electrons. The van der Waals surface area contributed by atoms with E-state index in [2.05, 4.69) is 5.32 Å². The van der Waals surface area contributed by atoms with E-state index in [9.17, 15) is 9.59 Å². The van der Waals surface area contributed by atoms with E-state index in [1.165, 1.54) is 0 Å². The standard InChI is InChI=1S/C14H24N2O2/c1-4-6-11(3)14(18)16-9-7-12(8-10-16)13(17)15-5-2/h6,12H,4-5,7-10H2,1-3H3,(H,15,17). The molecule has 0 bridgehead atoms. The van der Waals surface area contributed by atoms with E-state index in [1.807, 2.05) is 31.7 Å². The van der Waals surface area contributed by atoms with Gasteiger partial charge in [-0.25, -0.2) is 0 Å². The molecule has 102 valence electrons. The maximum Gasteiger partial charge on any atom is 0.249 e. The second-order valence-corrected chi connectivity index (χ2v) is 4.76. The first-order valence-electron chi connectivity index (χ1n) is 6.83. The Kier molecular flexibility index (Phi) is 5.89. The highest BCUT2D eigenvalue weighted by Gasteiger charge is 2.27. The van der Waals surface area contributed by atoms with Crippen LogP contribution in [0.25, 0.3) is 0 Å². The molecular formula is C14H24N2O2. The van der Waals surface area contributed by atoms with Crippen molar-refractivity contribution in [2.45, 2.75) is 40.0 Å². The fourth-order valence-corrected chi connectivity index (χ4v) is 2.31. The minimum Gasteiger partial charge on any atom is -0.356 e. The lowest BCUT2D eigenvalue weighted by atomic mass is 9.95. The van der Waals surface area contributed by atoms with Crippen molar-refractivity contribution >= 4 is 11.8 Å². The summed E-state index contributed by atoms with van der Waals surface area (Å²) in [5.74, 6) is 0.320. The number of nitrogens with one attached hydrogen (secondary N) is 1. The van der Waals surface area contributed by atoms with Crippen LogP contribution in [0.2, 0.25) is 0 Å². The van der Waals surface area contributed by atoms with Crippen molar-refractivity contribution in [1.29, 1.82) is 0 Å². The van der Waals surface area contributed by atoms with E-state index in [0.717, 1.165) is 24.8 Å². The Balaban J connectivity index is 2.46. The highest BCUT2D eigenvalue weighted by molar-refractivity contribution is 5.93. The van der Waals surface area contributed by atoms with Crippen molar-refractivity contribution in [3.8, 4) is 0 Å². The highest BCUT2D eigenvalue weighted by atomic mass is 16.2. The van der Waals surface area contributed by atoms with E-state index in [-0.39, 0.29) is 17.7 Å². The van der Waals surface area contributed by atoms with E-state index in [0.29, 0.717) is 19.6 Å². The SMILES string of the molecule is CCC=C(C)C(=O)N1CCC(C(=O)NCC)CC1. The molecule has 0 atom stereocenters. The van der Waals surface area contributed by atoms with Gasteiger partial charge in [0.15, 0.2) is 0 Å². The molecule has 1 N–H and O–H groups in total. The molecule has 4 heteroatoms. The molecule has 18 heavy (non-hydrogen) atoms. The molecule has 1 fully saturated rings. The van der Waals surface area contributed by atoms with Gasteiger partial charge in [-0.1, -0.05) is 13.0 Å². The summed E-state index contributed by atoms with van der Waals surface area (Å²) in [7, 11) is 0. The number of piperidine rings is 1. The third-order valence-electron chi connectivity index (χ3n) is 3.35. The summed E-state index contributed by atoms with van der Waals surface area (Å²) < 4.78 is 0. The van der Waals surface area contributed by atoms with Crippen molar-refractivity contribution in [1.82, 2.24) is 10.2 Å². The highest BCUT2D eigenvalue weighted by Crippen LogP contribution is 2.18. The Labute approximate surface area is 109 Å². The van der Waals surface area contributed by atoms with Gasteiger partial charge in [-0.15, -0.1) is 0 Å². The molecule has 1 rings (SSSR count). The molecule has 0 saturated carbocycles. The summed E-state index contributed by atoms with van der Waals surface area (Å²) in [5, 5.41) is 2.85. The van der Waals surface area contributed by atoms with Crippen LogP contribution in [0.15, 0.2) is 11.6 Å². The van der Waals surface area contributed by atoms with E-state index in [1.54, 1.807) is 0 Å². The fraction of sp³-hybridized carbons (Fsp3) is 0.714. The van der Waals surface area contributed by atoms with Crippen LogP contribution in [0.5, 0.6) is 0 Å². The number of nitrogens with zero attached hydrogens (tertiary/aromatic N) is 1. The molecule has 0 aliphatic carbocycles. The Morgan fingerprint density at radius 1 is 1.28 bits per heavy atom. The maximum atomic E-state index is 12.0. The number of hydrogen-bond donors (Lipinski definition) is 1. The molecule has 4 nitrogen and oxygen atoms in total. The van der Waals surface area contributed by atoms with Crippen molar-refractivity contribution in [3.63, 3.8) is 0 Å². The first-order chi connectivity index (χ1) is 8.60.